The molecule has 3 rings (SSSR count). The molecule has 2 heterocycles. The highest BCUT2D eigenvalue weighted by atomic mass is 35.7. The fourth-order valence-corrected chi connectivity index (χ4v) is 4.35. The number of hydrogen-bond donors (Lipinski definition) is 0. The first-order chi connectivity index (χ1) is 12.3. The topological polar surface area (TPSA) is 59.4 Å². The zero-order valence-corrected chi connectivity index (χ0v) is 16.5. The number of aromatic nitrogens is 1. The van der Waals surface area contributed by atoms with Crippen LogP contribution in [0.5, 0.6) is 0 Å². The van der Waals surface area contributed by atoms with Crippen LogP contribution in [0.1, 0.15) is 42.7 Å². The van der Waals surface area contributed by atoms with Crippen molar-refractivity contribution in [2.24, 2.45) is 5.92 Å². The van der Waals surface area contributed by atoms with E-state index in [2.05, 4.69) is 13.8 Å². The van der Waals surface area contributed by atoms with Crippen molar-refractivity contribution in [3.05, 3.63) is 53.9 Å². The summed E-state index contributed by atoms with van der Waals surface area (Å²) in [7, 11) is 1.62. The van der Waals surface area contributed by atoms with Gasteiger partial charge in [-0.15, -0.1) is 0 Å². The van der Waals surface area contributed by atoms with Gasteiger partial charge in [-0.3, -0.25) is 4.79 Å². The molecule has 0 aliphatic carbocycles. The third kappa shape index (κ3) is 3.96. The molecular weight excluding hydrogens is 372 g/mol. The van der Waals surface area contributed by atoms with Crippen LogP contribution in [-0.4, -0.2) is 36.4 Å². The van der Waals surface area contributed by atoms with Crippen LogP contribution in [0.3, 0.4) is 0 Å². The molecule has 0 N–H and O–H groups in total. The van der Waals surface area contributed by atoms with E-state index >= 15 is 0 Å². The van der Waals surface area contributed by atoms with Gasteiger partial charge in [-0.05, 0) is 30.4 Å². The number of amides is 1. The van der Waals surface area contributed by atoms with E-state index in [1.54, 1.807) is 4.57 Å². The number of carbonyl (C=O) groups excluding carboxylic acids is 1. The maximum absolute atomic E-state index is 13.2. The second-order valence-electron chi connectivity index (χ2n) is 7.06. The number of nitrogens with zero attached hydrogens (tertiary/aromatic N) is 2. The van der Waals surface area contributed by atoms with Crippen molar-refractivity contribution in [3.8, 4) is 0 Å². The van der Waals surface area contributed by atoms with E-state index in [1.165, 1.54) is 12.3 Å². The van der Waals surface area contributed by atoms with E-state index in [9.17, 15) is 13.2 Å². The zero-order chi connectivity index (χ0) is 18.9. The predicted octanol–water partition coefficient (Wildman–Crippen LogP) is 3.72. The Hall–Kier alpha value is -1.79. The van der Waals surface area contributed by atoms with Crippen LogP contribution >= 0.6 is 10.7 Å². The standard InChI is InChI=1S/C19H23ClN2O3S/c1-14(2)17-9-6-10-22(17)19(23)18-11-16(26(20,24)25)13-21(18)12-15-7-4-3-5-8-15/h3-5,7-8,11,13-14,17H,6,9-10,12H2,1-2H3. The van der Waals surface area contributed by atoms with Crippen molar-refractivity contribution < 1.29 is 13.2 Å². The number of hydrogen-bond acceptors (Lipinski definition) is 3. The first-order valence-electron chi connectivity index (χ1n) is 8.77. The molecule has 5 nitrogen and oxygen atoms in total. The molecule has 1 aromatic heterocycles. The molecule has 2 aromatic rings. The van der Waals surface area contributed by atoms with Gasteiger partial charge in [-0.1, -0.05) is 44.2 Å². The van der Waals surface area contributed by atoms with Gasteiger partial charge in [0.25, 0.3) is 15.0 Å². The van der Waals surface area contributed by atoms with Gasteiger partial charge in [0.05, 0.1) is 0 Å². The average molecular weight is 395 g/mol. The fraction of sp³-hybridized carbons (Fsp3) is 0.421. The van der Waals surface area contributed by atoms with Crippen LogP contribution in [0, 0.1) is 5.92 Å². The third-order valence-corrected chi connectivity index (χ3v) is 6.22. The molecule has 1 saturated heterocycles. The summed E-state index contributed by atoms with van der Waals surface area (Å²) in [6.45, 7) is 5.32. The van der Waals surface area contributed by atoms with E-state index < -0.39 is 9.05 Å². The Bertz CT molecular complexity index is 891. The number of likely N-dealkylation sites (tertiary alicyclic amines) is 1. The zero-order valence-electron chi connectivity index (χ0n) is 14.9. The molecule has 0 saturated carbocycles. The normalized spacial score (nSPS) is 17.8. The van der Waals surface area contributed by atoms with Crippen LogP contribution in [0.4, 0.5) is 0 Å². The van der Waals surface area contributed by atoms with E-state index in [0.29, 0.717) is 24.7 Å². The molecule has 0 radical (unpaired) electrons. The number of rotatable bonds is 5. The molecule has 7 heteroatoms. The second-order valence-corrected chi connectivity index (χ2v) is 9.63. The molecule has 1 aliphatic heterocycles. The molecule has 1 amide bonds. The summed E-state index contributed by atoms with van der Waals surface area (Å²) in [4.78, 5) is 15.0. The lowest BCUT2D eigenvalue weighted by Crippen LogP contribution is -2.39. The summed E-state index contributed by atoms with van der Waals surface area (Å²) >= 11 is 0. The Labute approximate surface area is 159 Å². The summed E-state index contributed by atoms with van der Waals surface area (Å²) in [6, 6.07) is 11.2. The highest BCUT2D eigenvalue weighted by Gasteiger charge is 2.33. The molecule has 1 aliphatic rings. The Morgan fingerprint density at radius 1 is 1.27 bits per heavy atom. The maximum Gasteiger partial charge on any atom is 0.270 e. The van der Waals surface area contributed by atoms with Crippen LogP contribution in [0.25, 0.3) is 0 Å². The minimum atomic E-state index is -3.90. The quantitative estimate of drug-likeness (QED) is 0.726. The van der Waals surface area contributed by atoms with Crippen LogP contribution < -0.4 is 0 Å². The van der Waals surface area contributed by atoms with Gasteiger partial charge in [0.15, 0.2) is 0 Å². The Kier molecular flexibility index (Phi) is 5.44. The van der Waals surface area contributed by atoms with Crippen molar-refractivity contribution >= 4 is 25.6 Å². The van der Waals surface area contributed by atoms with Crippen LogP contribution in [0.15, 0.2) is 47.5 Å². The highest BCUT2D eigenvalue weighted by Crippen LogP contribution is 2.28. The summed E-state index contributed by atoms with van der Waals surface area (Å²) in [6.07, 6.45) is 3.39. The SMILES string of the molecule is CC(C)C1CCCN1C(=O)c1cc(S(=O)(=O)Cl)cn1Cc1ccccc1. The smallest absolute Gasteiger partial charge is 0.270 e. The van der Waals surface area contributed by atoms with Gasteiger partial charge in [-0.2, -0.15) is 0 Å². The van der Waals surface area contributed by atoms with Crippen LogP contribution in [0.2, 0.25) is 0 Å². The number of benzene rings is 1. The monoisotopic (exact) mass is 394 g/mol. The van der Waals surface area contributed by atoms with Crippen LogP contribution in [-0.2, 0) is 15.6 Å². The van der Waals surface area contributed by atoms with Gasteiger partial charge in [0.1, 0.15) is 10.6 Å². The minimum Gasteiger partial charge on any atom is -0.338 e. The molecule has 0 bridgehead atoms. The largest absolute Gasteiger partial charge is 0.338 e. The molecule has 1 aromatic carbocycles. The van der Waals surface area contributed by atoms with E-state index in [4.69, 9.17) is 10.7 Å². The second kappa shape index (κ2) is 7.45. The summed E-state index contributed by atoms with van der Waals surface area (Å²) in [5, 5.41) is 0. The Morgan fingerprint density at radius 2 is 1.96 bits per heavy atom. The molecule has 0 spiro atoms. The average Bonchev–Trinajstić information content (AvgIpc) is 3.22. The minimum absolute atomic E-state index is 0.0428. The van der Waals surface area contributed by atoms with Crippen molar-refractivity contribution in [2.45, 2.75) is 44.2 Å². The van der Waals surface area contributed by atoms with Crippen molar-refractivity contribution in [2.75, 3.05) is 6.54 Å². The number of carbonyl (C=O) groups is 1. The number of halogens is 1. The predicted molar refractivity (Wildman–Crippen MR) is 102 cm³/mol. The van der Waals surface area contributed by atoms with Gasteiger partial charge >= 0.3 is 0 Å². The summed E-state index contributed by atoms with van der Waals surface area (Å²) in [5.74, 6) is 0.221. The molecule has 1 unspecified atom stereocenters. The van der Waals surface area contributed by atoms with Crippen molar-refractivity contribution in [1.29, 1.82) is 0 Å². The first-order valence-corrected chi connectivity index (χ1v) is 11.1. The summed E-state index contributed by atoms with van der Waals surface area (Å²) in [5.41, 5.74) is 1.35. The molecule has 26 heavy (non-hydrogen) atoms. The lowest BCUT2D eigenvalue weighted by atomic mass is 10.0. The van der Waals surface area contributed by atoms with Gasteiger partial charge in [0.2, 0.25) is 0 Å². The third-order valence-electron chi connectivity index (χ3n) is 4.90. The molecule has 1 fully saturated rings. The lowest BCUT2D eigenvalue weighted by molar-refractivity contribution is 0.0691. The fourth-order valence-electron chi connectivity index (χ4n) is 3.59. The summed E-state index contributed by atoms with van der Waals surface area (Å²) < 4.78 is 25.3. The van der Waals surface area contributed by atoms with E-state index in [1.807, 2.05) is 35.2 Å². The van der Waals surface area contributed by atoms with Gasteiger partial charge < -0.3 is 9.47 Å². The molecule has 1 atom stereocenters. The highest BCUT2D eigenvalue weighted by molar-refractivity contribution is 8.13. The lowest BCUT2D eigenvalue weighted by Gasteiger charge is -2.28. The van der Waals surface area contributed by atoms with E-state index in [-0.39, 0.29) is 16.8 Å². The Balaban J connectivity index is 1.99. The Morgan fingerprint density at radius 3 is 2.58 bits per heavy atom. The van der Waals surface area contributed by atoms with Gasteiger partial charge in [-0.25, -0.2) is 8.42 Å². The molecular formula is C19H23ClN2O3S. The molecule has 140 valence electrons. The maximum atomic E-state index is 13.2. The van der Waals surface area contributed by atoms with Crippen molar-refractivity contribution in [1.82, 2.24) is 9.47 Å². The van der Waals surface area contributed by atoms with Gasteiger partial charge in [0, 0.05) is 36.0 Å². The first kappa shape index (κ1) is 19.0. The van der Waals surface area contributed by atoms with Crippen molar-refractivity contribution in [3.63, 3.8) is 0 Å². The van der Waals surface area contributed by atoms with E-state index in [0.717, 1.165) is 18.4 Å².